The van der Waals surface area contributed by atoms with Gasteiger partial charge in [0.15, 0.2) is 5.76 Å². The van der Waals surface area contributed by atoms with E-state index in [2.05, 4.69) is 11.0 Å². The van der Waals surface area contributed by atoms with Gasteiger partial charge in [-0.3, -0.25) is 8.99 Å². The molecule has 0 spiro atoms. The monoisotopic (exact) mass is 463 g/mol. The number of aliphatic hydroxyl groups is 1. The second-order valence-corrected chi connectivity index (χ2v) is 7.01. The summed E-state index contributed by atoms with van der Waals surface area (Å²) in [5, 5.41) is 14.7. The largest absolute Gasteiger partial charge is 0.504 e. The molecule has 2 heterocycles. The van der Waals surface area contributed by atoms with Gasteiger partial charge in [-0.25, -0.2) is 8.42 Å². The number of hydrogen-bond acceptors (Lipinski definition) is 4. The van der Waals surface area contributed by atoms with E-state index in [4.69, 9.17) is 6.42 Å². The zero-order valence-electron chi connectivity index (χ0n) is 16.3. The van der Waals surface area contributed by atoms with Crippen LogP contribution in [-0.2, 0) is 49.8 Å². The van der Waals surface area contributed by atoms with Crippen LogP contribution in [0.2, 0.25) is 0 Å². The Labute approximate surface area is 187 Å². The number of aromatic nitrogens is 2. The molecule has 27 heavy (non-hydrogen) atoms. The molecular weight excluding hydrogens is 439 g/mol. The Morgan fingerprint density at radius 1 is 1.26 bits per heavy atom. The Morgan fingerprint density at radius 3 is 2.41 bits per heavy atom. The first-order valence-electron chi connectivity index (χ1n) is 7.87. The molecule has 0 unspecified atom stereocenters. The van der Waals surface area contributed by atoms with Crippen LogP contribution in [-0.4, -0.2) is 29.8 Å². The first-order chi connectivity index (χ1) is 11.9. The van der Waals surface area contributed by atoms with Gasteiger partial charge < -0.3 is 12.5 Å². The fourth-order valence-corrected chi connectivity index (χ4v) is 4.41. The topological polar surface area (TPSA) is 75.4 Å². The molecule has 3 rings (SSSR count). The first-order valence-corrected chi connectivity index (χ1v) is 9.31. The maximum atomic E-state index is 13.0. The van der Waals surface area contributed by atoms with Crippen molar-refractivity contribution in [2.45, 2.75) is 20.8 Å². The molecule has 0 saturated heterocycles. The molecule has 143 valence electrons. The molecule has 1 aromatic carbocycles. The van der Waals surface area contributed by atoms with Crippen LogP contribution in [0.1, 0.15) is 30.7 Å². The third kappa shape index (κ3) is 4.29. The summed E-state index contributed by atoms with van der Waals surface area (Å²) in [5.74, 6) is 2.03. The molecule has 1 aliphatic heterocycles. The van der Waals surface area contributed by atoms with Crippen LogP contribution < -0.4 is 4.31 Å². The number of terminal acetylenes is 1. The van der Waals surface area contributed by atoms with E-state index in [1.165, 1.54) is 10.9 Å². The van der Waals surface area contributed by atoms with Gasteiger partial charge in [0.25, 0.3) is 10.0 Å². The molecule has 1 N–H and O–H groups in total. The van der Waals surface area contributed by atoms with Crippen molar-refractivity contribution in [1.82, 2.24) is 9.78 Å². The van der Waals surface area contributed by atoms with Gasteiger partial charge in [-0.2, -0.15) is 5.10 Å². The SMILES string of the molecule is C#CCN1c2cnn(C)c2C(O)=C(c2ccccc2C)S1(=O)=O.CC.[CH3-].[Y]. The van der Waals surface area contributed by atoms with Gasteiger partial charge in [0, 0.05) is 45.3 Å². The van der Waals surface area contributed by atoms with Gasteiger partial charge in [-0.15, -0.1) is 6.42 Å². The Hall–Kier alpha value is -1.62. The third-order valence-corrected chi connectivity index (χ3v) is 5.64. The van der Waals surface area contributed by atoms with Gasteiger partial charge in [-0.1, -0.05) is 44.0 Å². The van der Waals surface area contributed by atoms with Crippen molar-refractivity contribution in [3.05, 3.63) is 54.7 Å². The van der Waals surface area contributed by atoms with Crippen molar-refractivity contribution in [2.24, 2.45) is 7.05 Å². The molecule has 0 fully saturated rings. The maximum Gasteiger partial charge on any atom is 0.269 e. The quantitative estimate of drug-likeness (QED) is 0.548. The molecular formula is C19H24N3O3SY-. The standard InChI is InChI=1S/C16H15N3O3S.C2H6.CH3.Y/c1-4-9-19-13-10-17-18(3)14(13)15(20)16(23(19,21)22)12-8-6-5-7-11(12)2;1-2;;/h1,5-8,10,20H,9H2,2-3H3;1-2H3;1H3;/q;;-1;. The van der Waals surface area contributed by atoms with Crippen LogP contribution in [0.3, 0.4) is 0 Å². The van der Waals surface area contributed by atoms with Gasteiger partial charge in [0.1, 0.15) is 16.3 Å². The molecule has 0 saturated carbocycles. The summed E-state index contributed by atoms with van der Waals surface area (Å²) in [4.78, 5) is -0.151. The summed E-state index contributed by atoms with van der Waals surface area (Å²) in [6, 6.07) is 6.98. The predicted molar refractivity (Wildman–Crippen MR) is 107 cm³/mol. The molecule has 1 aliphatic rings. The fraction of sp³-hybridized carbons (Fsp3) is 0.263. The van der Waals surface area contributed by atoms with Crippen LogP contribution in [0, 0.1) is 26.7 Å². The Bertz CT molecular complexity index is 972. The minimum atomic E-state index is -3.98. The minimum absolute atomic E-state index is 0. The van der Waals surface area contributed by atoms with Crippen LogP contribution in [0.15, 0.2) is 30.5 Å². The van der Waals surface area contributed by atoms with Crippen molar-refractivity contribution in [2.75, 3.05) is 10.8 Å². The number of fused-ring (bicyclic) bond motifs is 1. The van der Waals surface area contributed by atoms with Gasteiger partial charge in [0.05, 0.1) is 12.7 Å². The van der Waals surface area contributed by atoms with Crippen LogP contribution in [0.5, 0.6) is 0 Å². The molecule has 2 aromatic rings. The Morgan fingerprint density at radius 2 is 1.85 bits per heavy atom. The van der Waals surface area contributed by atoms with Gasteiger partial charge in [-0.05, 0) is 12.5 Å². The number of aryl methyl sites for hydroxylation is 2. The summed E-state index contributed by atoms with van der Waals surface area (Å²) < 4.78 is 28.6. The van der Waals surface area contributed by atoms with Crippen molar-refractivity contribution in [3.8, 4) is 12.3 Å². The molecule has 8 heteroatoms. The van der Waals surface area contributed by atoms with Crippen LogP contribution in [0.25, 0.3) is 10.7 Å². The van der Waals surface area contributed by atoms with E-state index in [0.29, 0.717) is 11.3 Å². The summed E-state index contributed by atoms with van der Waals surface area (Å²) in [7, 11) is -2.35. The fourth-order valence-electron chi connectivity index (χ4n) is 2.70. The zero-order chi connectivity index (χ0) is 18.8. The molecule has 0 amide bonds. The van der Waals surface area contributed by atoms with Crippen LogP contribution >= 0.6 is 0 Å². The van der Waals surface area contributed by atoms with E-state index in [0.717, 1.165) is 9.87 Å². The van der Waals surface area contributed by atoms with E-state index < -0.39 is 10.0 Å². The minimum Gasteiger partial charge on any atom is -0.504 e. The number of anilines is 1. The number of benzene rings is 1. The number of nitrogens with zero attached hydrogens (tertiary/aromatic N) is 3. The second-order valence-electron chi connectivity index (χ2n) is 5.21. The van der Waals surface area contributed by atoms with E-state index in [9.17, 15) is 13.5 Å². The summed E-state index contributed by atoms with van der Waals surface area (Å²) >= 11 is 0. The predicted octanol–water partition coefficient (Wildman–Crippen LogP) is 3.37. The summed E-state index contributed by atoms with van der Waals surface area (Å²) in [6.07, 6.45) is 6.72. The van der Waals surface area contributed by atoms with E-state index in [-0.39, 0.29) is 63.0 Å². The average molecular weight is 463 g/mol. The Kier molecular flexibility index (Phi) is 9.47. The molecule has 1 radical (unpaired) electrons. The number of hydrogen-bond donors (Lipinski definition) is 1. The molecule has 0 bridgehead atoms. The number of aliphatic hydroxyl groups excluding tert-OH is 1. The van der Waals surface area contributed by atoms with Crippen LogP contribution in [0.4, 0.5) is 5.69 Å². The van der Waals surface area contributed by atoms with Crippen molar-refractivity contribution in [3.63, 3.8) is 0 Å². The van der Waals surface area contributed by atoms with E-state index >= 15 is 0 Å². The zero-order valence-corrected chi connectivity index (χ0v) is 19.9. The molecule has 0 aliphatic carbocycles. The smallest absolute Gasteiger partial charge is 0.269 e. The van der Waals surface area contributed by atoms with E-state index in [1.807, 2.05) is 13.8 Å². The van der Waals surface area contributed by atoms with Crippen molar-refractivity contribution in [1.29, 1.82) is 0 Å². The van der Waals surface area contributed by atoms with Crippen molar-refractivity contribution >= 4 is 26.4 Å². The van der Waals surface area contributed by atoms with Crippen molar-refractivity contribution < 1.29 is 46.2 Å². The maximum absolute atomic E-state index is 13.0. The third-order valence-electron chi connectivity index (χ3n) is 3.80. The van der Waals surface area contributed by atoms with E-state index in [1.54, 1.807) is 38.2 Å². The molecule has 6 nitrogen and oxygen atoms in total. The Balaban J connectivity index is 0.00000164. The summed E-state index contributed by atoms with van der Waals surface area (Å²) in [6.45, 7) is 5.65. The number of rotatable bonds is 2. The molecule has 1 aromatic heterocycles. The number of sulfonamides is 1. The van der Waals surface area contributed by atoms with Gasteiger partial charge in [0.2, 0.25) is 0 Å². The molecule has 0 atom stereocenters. The first kappa shape index (κ1) is 25.4. The normalized spacial score (nSPS) is 14.0. The summed E-state index contributed by atoms with van der Waals surface area (Å²) in [5.41, 5.74) is 1.79. The average Bonchev–Trinajstić information content (AvgIpc) is 2.96. The van der Waals surface area contributed by atoms with Gasteiger partial charge >= 0.3 is 0 Å². The second kappa shape index (κ2) is 10.1.